The third kappa shape index (κ3) is 4.64. The van der Waals surface area contributed by atoms with E-state index in [-0.39, 0.29) is 5.56 Å². The Morgan fingerprint density at radius 1 is 1.21 bits per heavy atom. The van der Waals surface area contributed by atoms with Crippen LogP contribution in [0.4, 0.5) is 4.39 Å². The van der Waals surface area contributed by atoms with Gasteiger partial charge in [0.05, 0.1) is 11.8 Å². The number of hydrogen-bond donors (Lipinski definition) is 2. The molecule has 0 radical (unpaired) electrons. The summed E-state index contributed by atoms with van der Waals surface area (Å²) in [6.45, 7) is 1.43. The van der Waals surface area contributed by atoms with Gasteiger partial charge in [0.25, 0.3) is 5.91 Å². The summed E-state index contributed by atoms with van der Waals surface area (Å²) in [5, 5.41) is 12.5. The summed E-state index contributed by atoms with van der Waals surface area (Å²) < 4.78 is 18.6. The van der Waals surface area contributed by atoms with Crippen molar-refractivity contribution in [1.29, 1.82) is 0 Å². The van der Waals surface area contributed by atoms with Gasteiger partial charge in [-0.1, -0.05) is 12.1 Å². The Kier molecular flexibility index (Phi) is 5.62. The van der Waals surface area contributed by atoms with E-state index in [1.165, 1.54) is 31.3 Å². The number of carbonyl (C=O) groups is 2. The number of amides is 1. The maximum atomic E-state index is 13.4. The Balaban J connectivity index is 1.94. The Morgan fingerprint density at radius 2 is 1.88 bits per heavy atom. The molecule has 0 aromatic heterocycles. The van der Waals surface area contributed by atoms with Crippen molar-refractivity contribution in [3.8, 4) is 5.75 Å². The van der Waals surface area contributed by atoms with Gasteiger partial charge >= 0.3 is 5.97 Å². The van der Waals surface area contributed by atoms with Crippen LogP contribution in [0.3, 0.4) is 0 Å². The van der Waals surface area contributed by atoms with Crippen LogP contribution in [0, 0.1) is 5.82 Å². The molecule has 7 heteroatoms. The predicted octanol–water partition coefficient (Wildman–Crippen LogP) is 2.44. The SMILES string of the molecule is CC(Oc1ccc(/C=N/NC(=O)c2ccccc2F)cc1)C(=O)O. The fourth-order valence-corrected chi connectivity index (χ4v) is 1.76. The fourth-order valence-electron chi connectivity index (χ4n) is 1.76. The monoisotopic (exact) mass is 330 g/mol. The number of rotatable bonds is 6. The molecule has 1 atom stereocenters. The van der Waals surface area contributed by atoms with Crippen LogP contribution < -0.4 is 10.2 Å². The minimum absolute atomic E-state index is 0.0962. The molecule has 124 valence electrons. The molecule has 0 fully saturated rings. The largest absolute Gasteiger partial charge is 0.479 e. The van der Waals surface area contributed by atoms with Gasteiger partial charge in [-0.05, 0) is 48.9 Å². The van der Waals surface area contributed by atoms with Crippen LogP contribution in [-0.4, -0.2) is 29.3 Å². The summed E-state index contributed by atoms with van der Waals surface area (Å²) in [4.78, 5) is 22.5. The molecule has 2 aromatic carbocycles. The number of halogens is 1. The molecule has 24 heavy (non-hydrogen) atoms. The lowest BCUT2D eigenvalue weighted by atomic mass is 10.2. The zero-order valence-corrected chi connectivity index (χ0v) is 12.8. The van der Waals surface area contributed by atoms with Gasteiger partial charge in [-0.2, -0.15) is 5.10 Å². The first-order chi connectivity index (χ1) is 11.5. The number of carbonyl (C=O) groups excluding carboxylic acids is 1. The number of benzene rings is 2. The standard InChI is InChI=1S/C17H15FN2O4/c1-11(17(22)23)24-13-8-6-12(7-9-13)10-19-20-16(21)14-4-2-3-5-15(14)18/h2-11H,1H3,(H,20,21)(H,22,23)/b19-10+. The highest BCUT2D eigenvalue weighted by Gasteiger charge is 2.12. The van der Waals surface area contributed by atoms with Gasteiger partial charge in [0.1, 0.15) is 11.6 Å². The maximum absolute atomic E-state index is 13.4. The summed E-state index contributed by atoms with van der Waals surface area (Å²) in [7, 11) is 0. The Labute approximate surface area is 137 Å². The van der Waals surface area contributed by atoms with Crippen molar-refractivity contribution < 1.29 is 23.8 Å². The molecule has 0 bridgehead atoms. The van der Waals surface area contributed by atoms with E-state index in [2.05, 4.69) is 10.5 Å². The molecule has 0 heterocycles. The number of hydrogen-bond acceptors (Lipinski definition) is 4. The average molecular weight is 330 g/mol. The highest BCUT2D eigenvalue weighted by Crippen LogP contribution is 2.13. The number of hydrazone groups is 1. The highest BCUT2D eigenvalue weighted by molar-refractivity contribution is 5.95. The molecule has 6 nitrogen and oxygen atoms in total. The number of carboxylic acid groups (broad SMARTS) is 1. The third-order valence-corrected chi connectivity index (χ3v) is 3.04. The summed E-state index contributed by atoms with van der Waals surface area (Å²) in [6.07, 6.45) is 0.424. The second kappa shape index (κ2) is 7.87. The summed E-state index contributed by atoms with van der Waals surface area (Å²) >= 11 is 0. The van der Waals surface area contributed by atoms with E-state index in [1.807, 2.05) is 0 Å². The first-order valence-electron chi connectivity index (χ1n) is 7.05. The van der Waals surface area contributed by atoms with Crippen LogP contribution >= 0.6 is 0 Å². The number of nitrogens with zero attached hydrogens (tertiary/aromatic N) is 1. The lowest BCUT2D eigenvalue weighted by Crippen LogP contribution is -2.22. The van der Waals surface area contributed by atoms with Crippen molar-refractivity contribution in [2.45, 2.75) is 13.0 Å². The van der Waals surface area contributed by atoms with Crippen LogP contribution in [0.15, 0.2) is 53.6 Å². The van der Waals surface area contributed by atoms with E-state index in [0.29, 0.717) is 11.3 Å². The third-order valence-electron chi connectivity index (χ3n) is 3.04. The van der Waals surface area contributed by atoms with Gasteiger partial charge in [0.15, 0.2) is 6.10 Å². The van der Waals surface area contributed by atoms with Gasteiger partial charge < -0.3 is 9.84 Å². The van der Waals surface area contributed by atoms with Crippen molar-refractivity contribution in [3.63, 3.8) is 0 Å². The van der Waals surface area contributed by atoms with E-state index < -0.39 is 23.8 Å². The molecule has 2 N–H and O–H groups in total. The molecule has 0 spiro atoms. The summed E-state index contributed by atoms with van der Waals surface area (Å²) in [6, 6.07) is 12.0. The number of ether oxygens (including phenoxy) is 1. The predicted molar refractivity (Wildman–Crippen MR) is 85.6 cm³/mol. The molecule has 1 amide bonds. The molecule has 0 saturated carbocycles. The van der Waals surface area contributed by atoms with Crippen molar-refractivity contribution in [2.75, 3.05) is 0 Å². The van der Waals surface area contributed by atoms with Gasteiger partial charge in [0.2, 0.25) is 0 Å². The first-order valence-corrected chi connectivity index (χ1v) is 7.05. The zero-order chi connectivity index (χ0) is 17.5. The minimum atomic E-state index is -1.06. The molecule has 0 aliphatic carbocycles. The normalized spacial score (nSPS) is 11.9. The van der Waals surface area contributed by atoms with Gasteiger partial charge in [0, 0.05) is 0 Å². The molecule has 2 aromatic rings. The quantitative estimate of drug-likeness (QED) is 0.629. The van der Waals surface area contributed by atoms with E-state index in [4.69, 9.17) is 9.84 Å². The van der Waals surface area contributed by atoms with Gasteiger partial charge in [-0.25, -0.2) is 14.6 Å². The smallest absolute Gasteiger partial charge is 0.344 e. The number of aliphatic carboxylic acids is 1. The molecule has 1 unspecified atom stereocenters. The second-order valence-corrected chi connectivity index (χ2v) is 4.85. The van der Waals surface area contributed by atoms with Gasteiger partial charge in [-0.3, -0.25) is 4.79 Å². The molecular weight excluding hydrogens is 315 g/mol. The van der Waals surface area contributed by atoms with Crippen LogP contribution in [0.25, 0.3) is 0 Å². The van der Waals surface area contributed by atoms with Crippen molar-refractivity contribution in [2.24, 2.45) is 5.10 Å². The fraction of sp³-hybridized carbons (Fsp3) is 0.118. The lowest BCUT2D eigenvalue weighted by molar-refractivity contribution is -0.144. The molecule has 0 aliphatic rings. The minimum Gasteiger partial charge on any atom is -0.479 e. The Bertz CT molecular complexity index is 759. The molecular formula is C17H15FN2O4. The van der Waals surface area contributed by atoms with Crippen molar-refractivity contribution in [1.82, 2.24) is 5.43 Å². The van der Waals surface area contributed by atoms with Crippen LogP contribution in [0.5, 0.6) is 5.75 Å². The maximum Gasteiger partial charge on any atom is 0.344 e. The van der Waals surface area contributed by atoms with Gasteiger partial charge in [-0.15, -0.1) is 0 Å². The molecule has 0 saturated heterocycles. The van der Waals surface area contributed by atoms with E-state index in [0.717, 1.165) is 0 Å². The Morgan fingerprint density at radius 3 is 2.50 bits per heavy atom. The Hall–Kier alpha value is -3.22. The summed E-state index contributed by atoms with van der Waals surface area (Å²) in [5.41, 5.74) is 2.79. The van der Waals surface area contributed by atoms with E-state index >= 15 is 0 Å². The number of carboxylic acids is 1. The molecule has 2 rings (SSSR count). The molecule has 0 aliphatic heterocycles. The van der Waals surface area contributed by atoms with Crippen molar-refractivity contribution >= 4 is 18.1 Å². The topological polar surface area (TPSA) is 88.0 Å². The van der Waals surface area contributed by atoms with Crippen LogP contribution in [0.2, 0.25) is 0 Å². The lowest BCUT2D eigenvalue weighted by Gasteiger charge is -2.09. The zero-order valence-electron chi connectivity index (χ0n) is 12.8. The number of nitrogens with one attached hydrogen (secondary N) is 1. The average Bonchev–Trinajstić information content (AvgIpc) is 2.56. The summed E-state index contributed by atoms with van der Waals surface area (Å²) in [5.74, 6) is -1.94. The van der Waals surface area contributed by atoms with Crippen LogP contribution in [-0.2, 0) is 4.79 Å². The second-order valence-electron chi connectivity index (χ2n) is 4.85. The van der Waals surface area contributed by atoms with Crippen LogP contribution in [0.1, 0.15) is 22.8 Å². The van der Waals surface area contributed by atoms with Crippen molar-refractivity contribution in [3.05, 3.63) is 65.5 Å². The van der Waals surface area contributed by atoms with E-state index in [9.17, 15) is 14.0 Å². The highest BCUT2D eigenvalue weighted by atomic mass is 19.1. The first kappa shape index (κ1) is 17.1. The van der Waals surface area contributed by atoms with E-state index in [1.54, 1.807) is 30.3 Å².